The van der Waals surface area contributed by atoms with Crippen molar-refractivity contribution in [2.24, 2.45) is 11.0 Å². The molecule has 4 rings (SSSR count). The van der Waals surface area contributed by atoms with Crippen molar-refractivity contribution in [3.63, 3.8) is 0 Å². The van der Waals surface area contributed by atoms with Crippen LogP contribution in [0.5, 0.6) is 0 Å². The molecule has 1 aliphatic heterocycles. The number of carbonyl (C=O) groups is 1. The van der Waals surface area contributed by atoms with Gasteiger partial charge in [0.15, 0.2) is 0 Å². The number of aromatic nitrogens is 1. The minimum atomic E-state index is 0.118. The van der Waals surface area contributed by atoms with Gasteiger partial charge >= 0.3 is 0 Å². The van der Waals surface area contributed by atoms with Gasteiger partial charge < -0.3 is 5.32 Å². The molecule has 1 N–H and O–H groups in total. The van der Waals surface area contributed by atoms with Gasteiger partial charge in [-0.15, -0.1) is 0 Å². The van der Waals surface area contributed by atoms with Crippen LogP contribution in [0.3, 0.4) is 0 Å². The highest BCUT2D eigenvalue weighted by atomic mass is 16.1. The Bertz CT molecular complexity index is 810. The van der Waals surface area contributed by atoms with Crippen LogP contribution in [-0.4, -0.2) is 35.7 Å². The molecule has 1 saturated carbocycles. The average Bonchev–Trinajstić information content (AvgIpc) is 3.08. The van der Waals surface area contributed by atoms with Crippen LogP contribution in [0.1, 0.15) is 43.6 Å². The molecule has 2 heterocycles. The summed E-state index contributed by atoms with van der Waals surface area (Å²) in [4.78, 5) is 16.9. The molecular formula is C20H24N4O. The highest BCUT2D eigenvalue weighted by molar-refractivity contribution is 5.94. The van der Waals surface area contributed by atoms with E-state index in [1.807, 2.05) is 30.5 Å². The molecule has 2 aromatic rings. The fraction of sp³-hybridized carbons (Fsp3) is 0.450. The zero-order valence-corrected chi connectivity index (χ0v) is 14.6. The largest absolute Gasteiger partial charge is 0.310 e. The number of fused-ring (bicyclic) bond motifs is 1. The average molecular weight is 336 g/mol. The molecule has 1 aromatic heterocycles. The van der Waals surface area contributed by atoms with Crippen molar-refractivity contribution in [3.05, 3.63) is 36.0 Å². The lowest BCUT2D eigenvalue weighted by Crippen LogP contribution is -2.25. The Morgan fingerprint density at radius 3 is 2.76 bits per heavy atom. The summed E-state index contributed by atoms with van der Waals surface area (Å²) in [5, 5.41) is 11.5. The van der Waals surface area contributed by atoms with E-state index in [2.05, 4.69) is 33.6 Å². The van der Waals surface area contributed by atoms with Gasteiger partial charge in [-0.1, -0.05) is 37.5 Å². The molecule has 0 spiro atoms. The summed E-state index contributed by atoms with van der Waals surface area (Å²) in [6.45, 7) is 0.905. The molecule has 1 aliphatic carbocycles. The van der Waals surface area contributed by atoms with Crippen LogP contribution in [-0.2, 0) is 4.79 Å². The molecule has 5 nitrogen and oxygen atoms in total. The van der Waals surface area contributed by atoms with Crippen molar-refractivity contribution in [1.29, 1.82) is 0 Å². The Kier molecular flexibility index (Phi) is 4.38. The quantitative estimate of drug-likeness (QED) is 0.928. The second-order valence-electron chi connectivity index (χ2n) is 7.21. The van der Waals surface area contributed by atoms with Gasteiger partial charge in [0.1, 0.15) is 5.82 Å². The first-order valence-corrected chi connectivity index (χ1v) is 9.15. The third-order valence-corrected chi connectivity index (χ3v) is 5.31. The van der Waals surface area contributed by atoms with Crippen LogP contribution >= 0.6 is 0 Å². The molecule has 1 atom stereocenters. The van der Waals surface area contributed by atoms with Crippen LogP contribution in [0, 0.1) is 5.92 Å². The van der Waals surface area contributed by atoms with E-state index >= 15 is 0 Å². The Labute approximate surface area is 148 Å². The SMILES string of the molecule is CN1CC(c2ccc3cnc(NC(=O)C4CCCCC4)cc3c2)C=N1. The van der Waals surface area contributed by atoms with Gasteiger partial charge in [0.2, 0.25) is 5.91 Å². The van der Waals surface area contributed by atoms with E-state index < -0.39 is 0 Å². The number of hydrazone groups is 1. The van der Waals surface area contributed by atoms with E-state index in [1.165, 1.54) is 12.0 Å². The van der Waals surface area contributed by atoms with Crippen molar-refractivity contribution in [1.82, 2.24) is 9.99 Å². The topological polar surface area (TPSA) is 57.6 Å². The first-order valence-electron chi connectivity index (χ1n) is 9.15. The molecule has 1 fully saturated rings. The zero-order chi connectivity index (χ0) is 17.2. The number of amides is 1. The van der Waals surface area contributed by atoms with E-state index in [-0.39, 0.29) is 11.8 Å². The van der Waals surface area contributed by atoms with Crippen molar-refractivity contribution in [2.45, 2.75) is 38.0 Å². The van der Waals surface area contributed by atoms with Gasteiger partial charge in [-0.2, -0.15) is 5.10 Å². The molecule has 1 aromatic carbocycles. The highest BCUT2D eigenvalue weighted by Crippen LogP contribution is 2.27. The van der Waals surface area contributed by atoms with Crippen molar-refractivity contribution in [3.8, 4) is 0 Å². The summed E-state index contributed by atoms with van der Waals surface area (Å²) in [7, 11) is 1.99. The number of hydrogen-bond acceptors (Lipinski definition) is 4. The standard InChI is InChI=1S/C20H24N4O/c1-24-13-18(12-22-24)15-7-8-16-11-21-19(10-17(16)9-15)23-20(25)14-5-3-2-4-6-14/h7-12,14,18H,2-6,13H2,1H3,(H,21,23,25). The molecular weight excluding hydrogens is 312 g/mol. The fourth-order valence-corrected chi connectivity index (χ4v) is 3.82. The maximum Gasteiger partial charge on any atom is 0.228 e. The number of carbonyl (C=O) groups excluding carboxylic acids is 1. The lowest BCUT2D eigenvalue weighted by molar-refractivity contribution is -0.120. The van der Waals surface area contributed by atoms with E-state index in [0.29, 0.717) is 11.7 Å². The molecule has 130 valence electrons. The molecule has 2 aliphatic rings. The van der Waals surface area contributed by atoms with Gasteiger partial charge in [-0.3, -0.25) is 9.80 Å². The maximum absolute atomic E-state index is 12.4. The summed E-state index contributed by atoms with van der Waals surface area (Å²) in [5.41, 5.74) is 1.25. The van der Waals surface area contributed by atoms with Crippen LogP contribution in [0.4, 0.5) is 5.82 Å². The van der Waals surface area contributed by atoms with Crippen LogP contribution in [0.25, 0.3) is 10.8 Å². The predicted molar refractivity (Wildman–Crippen MR) is 101 cm³/mol. The lowest BCUT2D eigenvalue weighted by Gasteiger charge is -2.20. The predicted octanol–water partition coefficient (Wildman–Crippen LogP) is 3.77. The summed E-state index contributed by atoms with van der Waals surface area (Å²) < 4.78 is 0. The summed E-state index contributed by atoms with van der Waals surface area (Å²) in [6, 6.07) is 8.40. The number of pyridine rings is 1. The van der Waals surface area contributed by atoms with E-state index in [1.54, 1.807) is 0 Å². The second-order valence-corrected chi connectivity index (χ2v) is 7.21. The number of nitrogens with one attached hydrogen (secondary N) is 1. The van der Waals surface area contributed by atoms with E-state index in [9.17, 15) is 4.79 Å². The van der Waals surface area contributed by atoms with Crippen molar-refractivity contribution in [2.75, 3.05) is 18.9 Å². The molecule has 0 bridgehead atoms. The third-order valence-electron chi connectivity index (χ3n) is 5.31. The minimum absolute atomic E-state index is 0.118. The van der Waals surface area contributed by atoms with E-state index in [4.69, 9.17) is 0 Å². The summed E-state index contributed by atoms with van der Waals surface area (Å²) in [6.07, 6.45) is 9.39. The Morgan fingerprint density at radius 1 is 1.16 bits per heavy atom. The first kappa shape index (κ1) is 16.1. The smallest absolute Gasteiger partial charge is 0.228 e. The Hall–Kier alpha value is -2.43. The maximum atomic E-state index is 12.4. The summed E-state index contributed by atoms with van der Waals surface area (Å²) in [5.74, 6) is 1.23. The number of rotatable bonds is 3. The monoisotopic (exact) mass is 336 g/mol. The number of nitrogens with zero attached hydrogens (tertiary/aromatic N) is 3. The number of hydrogen-bond donors (Lipinski definition) is 1. The minimum Gasteiger partial charge on any atom is -0.310 e. The molecule has 25 heavy (non-hydrogen) atoms. The number of benzene rings is 1. The van der Waals surface area contributed by atoms with E-state index in [0.717, 1.165) is 43.0 Å². The van der Waals surface area contributed by atoms with Crippen molar-refractivity contribution < 1.29 is 4.79 Å². The second kappa shape index (κ2) is 6.82. The molecule has 1 unspecified atom stereocenters. The van der Waals surface area contributed by atoms with Crippen molar-refractivity contribution >= 4 is 28.7 Å². The van der Waals surface area contributed by atoms with Gasteiger partial charge in [-0.25, -0.2) is 4.98 Å². The first-order chi connectivity index (χ1) is 12.2. The zero-order valence-electron chi connectivity index (χ0n) is 14.6. The fourth-order valence-electron chi connectivity index (χ4n) is 3.82. The highest BCUT2D eigenvalue weighted by Gasteiger charge is 2.21. The van der Waals surface area contributed by atoms with Gasteiger partial charge in [0.05, 0.1) is 0 Å². The summed E-state index contributed by atoms with van der Waals surface area (Å²) >= 11 is 0. The lowest BCUT2D eigenvalue weighted by atomic mass is 9.89. The molecule has 1 amide bonds. The number of anilines is 1. The Morgan fingerprint density at radius 2 is 2.00 bits per heavy atom. The molecule has 0 saturated heterocycles. The third kappa shape index (κ3) is 3.50. The van der Waals surface area contributed by atoms with Gasteiger partial charge in [0, 0.05) is 43.2 Å². The van der Waals surface area contributed by atoms with Crippen LogP contribution in [0.15, 0.2) is 35.6 Å². The number of likely N-dealkylation sites (N-methyl/N-ethyl adjacent to an activating group) is 1. The van der Waals surface area contributed by atoms with Crippen LogP contribution in [0.2, 0.25) is 0 Å². The van der Waals surface area contributed by atoms with Gasteiger partial charge in [-0.05, 0) is 29.9 Å². The Balaban J connectivity index is 1.54. The molecule has 0 radical (unpaired) electrons. The van der Waals surface area contributed by atoms with Gasteiger partial charge in [0.25, 0.3) is 0 Å². The molecule has 5 heteroatoms. The van der Waals surface area contributed by atoms with Crippen LogP contribution < -0.4 is 5.32 Å². The normalized spacial score (nSPS) is 21.0.